The predicted octanol–water partition coefficient (Wildman–Crippen LogP) is 5.30. The maximum atomic E-state index is 12.3. The fraction of sp³-hybridized carbons (Fsp3) is 0.167. The van der Waals surface area contributed by atoms with Crippen molar-refractivity contribution in [2.45, 2.75) is 6.92 Å². The zero-order valence-corrected chi connectivity index (χ0v) is 14.3. The molecule has 0 saturated carbocycles. The molecule has 0 amide bonds. The number of carbonyl (C=O) groups is 1. The largest absolute Gasteiger partial charge is 0.492 e. The normalized spacial score (nSPS) is 10.8. The van der Waals surface area contributed by atoms with Crippen LogP contribution in [0, 0.1) is 0 Å². The third kappa shape index (κ3) is 4.27. The van der Waals surface area contributed by atoms with Gasteiger partial charge in [0, 0.05) is 16.1 Å². The number of rotatable bonds is 6. The third-order valence-electron chi connectivity index (χ3n) is 3.12. The molecule has 0 unspecified atom stereocenters. The molecule has 0 heterocycles. The second-order valence-electron chi connectivity index (χ2n) is 4.63. The Hall–Kier alpha value is -1.97. The average Bonchev–Trinajstić information content (AvgIpc) is 2.55. The molecule has 0 fully saturated rings. The zero-order chi connectivity index (χ0) is 16.8. The molecular weight excluding hydrogens is 335 g/mol. The van der Waals surface area contributed by atoms with E-state index in [1.165, 1.54) is 6.08 Å². The van der Waals surface area contributed by atoms with Gasteiger partial charge in [-0.15, -0.1) is 0 Å². The summed E-state index contributed by atoms with van der Waals surface area (Å²) in [6.07, 6.45) is 3.10. The molecule has 0 spiro atoms. The maximum absolute atomic E-state index is 12.3. The van der Waals surface area contributed by atoms with E-state index in [9.17, 15) is 4.79 Å². The summed E-state index contributed by atoms with van der Waals surface area (Å²) in [4.78, 5) is 12.3. The van der Waals surface area contributed by atoms with Crippen LogP contribution in [0.5, 0.6) is 11.5 Å². The molecule has 23 heavy (non-hydrogen) atoms. The monoisotopic (exact) mass is 350 g/mol. The first-order valence-corrected chi connectivity index (χ1v) is 7.79. The number of allylic oxidation sites excluding steroid dienone is 1. The van der Waals surface area contributed by atoms with Gasteiger partial charge in [-0.1, -0.05) is 35.3 Å². The summed E-state index contributed by atoms with van der Waals surface area (Å²) in [6, 6.07) is 10.3. The van der Waals surface area contributed by atoms with Crippen LogP contribution in [-0.2, 0) is 0 Å². The van der Waals surface area contributed by atoms with E-state index in [4.69, 9.17) is 32.7 Å². The lowest BCUT2D eigenvalue weighted by atomic mass is 10.1. The van der Waals surface area contributed by atoms with Gasteiger partial charge >= 0.3 is 0 Å². The molecule has 0 aliphatic carbocycles. The van der Waals surface area contributed by atoms with Crippen molar-refractivity contribution in [3.8, 4) is 11.5 Å². The summed E-state index contributed by atoms with van der Waals surface area (Å²) < 4.78 is 10.9. The van der Waals surface area contributed by atoms with E-state index in [1.54, 1.807) is 31.4 Å². The van der Waals surface area contributed by atoms with E-state index < -0.39 is 0 Å². The molecular formula is C18H16Cl2O3. The van der Waals surface area contributed by atoms with Crippen LogP contribution in [0.2, 0.25) is 10.0 Å². The minimum absolute atomic E-state index is 0.235. The minimum atomic E-state index is -0.235. The number of hydrogen-bond acceptors (Lipinski definition) is 3. The number of ketones is 1. The lowest BCUT2D eigenvalue weighted by Crippen LogP contribution is -1.98. The summed E-state index contributed by atoms with van der Waals surface area (Å²) in [7, 11) is 1.56. The van der Waals surface area contributed by atoms with Crippen molar-refractivity contribution in [2.75, 3.05) is 13.7 Å². The fourth-order valence-electron chi connectivity index (χ4n) is 2.09. The minimum Gasteiger partial charge on any atom is -0.492 e. The first kappa shape index (κ1) is 17.4. The number of hydrogen-bond donors (Lipinski definition) is 0. The van der Waals surface area contributed by atoms with Gasteiger partial charge in [0.2, 0.25) is 0 Å². The number of benzene rings is 2. The number of methoxy groups -OCH3 is 1. The van der Waals surface area contributed by atoms with E-state index in [1.807, 2.05) is 25.1 Å². The molecule has 120 valence electrons. The summed E-state index contributed by atoms with van der Waals surface area (Å²) in [6.45, 7) is 2.42. The lowest BCUT2D eigenvalue weighted by molar-refractivity contribution is 0.104. The van der Waals surface area contributed by atoms with Crippen LogP contribution in [0.25, 0.3) is 6.08 Å². The third-order valence-corrected chi connectivity index (χ3v) is 3.69. The van der Waals surface area contributed by atoms with Crippen molar-refractivity contribution in [1.29, 1.82) is 0 Å². The van der Waals surface area contributed by atoms with E-state index in [0.717, 1.165) is 5.56 Å². The highest BCUT2D eigenvalue weighted by Gasteiger charge is 2.10. The maximum Gasteiger partial charge on any atom is 0.187 e. The number of halogens is 2. The molecule has 2 aromatic rings. The van der Waals surface area contributed by atoms with Gasteiger partial charge in [0.1, 0.15) is 0 Å². The topological polar surface area (TPSA) is 35.5 Å². The molecule has 0 aliphatic heterocycles. The van der Waals surface area contributed by atoms with Gasteiger partial charge in [-0.25, -0.2) is 0 Å². The highest BCUT2D eigenvalue weighted by atomic mass is 35.5. The summed E-state index contributed by atoms with van der Waals surface area (Å²) >= 11 is 11.9. The summed E-state index contributed by atoms with van der Waals surface area (Å²) in [5, 5.41) is 0.821. The van der Waals surface area contributed by atoms with Crippen molar-refractivity contribution in [2.24, 2.45) is 0 Å². The van der Waals surface area contributed by atoms with Gasteiger partial charge in [0.15, 0.2) is 17.3 Å². The van der Waals surface area contributed by atoms with Crippen molar-refractivity contribution in [3.63, 3.8) is 0 Å². The second-order valence-corrected chi connectivity index (χ2v) is 5.48. The highest BCUT2D eigenvalue weighted by molar-refractivity contribution is 6.36. The molecule has 0 atom stereocenters. The second kappa shape index (κ2) is 8.04. The quantitative estimate of drug-likeness (QED) is 0.524. The molecule has 0 N–H and O–H groups in total. The van der Waals surface area contributed by atoms with Crippen LogP contribution in [0.4, 0.5) is 0 Å². The molecule has 0 aliphatic rings. The van der Waals surface area contributed by atoms with Crippen molar-refractivity contribution < 1.29 is 14.3 Å². The van der Waals surface area contributed by atoms with Crippen molar-refractivity contribution in [3.05, 3.63) is 63.6 Å². The first-order chi connectivity index (χ1) is 11.1. The van der Waals surface area contributed by atoms with Gasteiger partial charge in [-0.05, 0) is 43.3 Å². The molecule has 3 nitrogen and oxygen atoms in total. The van der Waals surface area contributed by atoms with Crippen LogP contribution in [0.1, 0.15) is 22.8 Å². The summed E-state index contributed by atoms with van der Waals surface area (Å²) in [5.74, 6) is 0.974. The van der Waals surface area contributed by atoms with Gasteiger partial charge in [-0.2, -0.15) is 0 Å². The SMILES string of the molecule is CCOc1cccc(/C=C/C(=O)c2cc(Cl)ccc2Cl)c1OC. The highest BCUT2D eigenvalue weighted by Crippen LogP contribution is 2.32. The number of ether oxygens (including phenoxy) is 2. The predicted molar refractivity (Wildman–Crippen MR) is 94.0 cm³/mol. The first-order valence-electron chi connectivity index (χ1n) is 7.04. The average molecular weight is 351 g/mol. The van der Waals surface area contributed by atoms with Crippen LogP contribution in [0.3, 0.4) is 0 Å². The Kier molecular flexibility index (Phi) is 6.08. The van der Waals surface area contributed by atoms with Crippen molar-refractivity contribution >= 4 is 35.1 Å². The number of para-hydroxylation sites is 1. The Morgan fingerprint density at radius 1 is 1.22 bits per heavy atom. The van der Waals surface area contributed by atoms with E-state index >= 15 is 0 Å². The van der Waals surface area contributed by atoms with Gasteiger partial charge in [-0.3, -0.25) is 4.79 Å². The van der Waals surface area contributed by atoms with Gasteiger partial charge in [0.05, 0.1) is 18.7 Å². The smallest absolute Gasteiger partial charge is 0.187 e. The fourth-order valence-corrected chi connectivity index (χ4v) is 2.48. The van der Waals surface area contributed by atoms with E-state index in [-0.39, 0.29) is 5.78 Å². The van der Waals surface area contributed by atoms with Crippen LogP contribution in [0.15, 0.2) is 42.5 Å². The van der Waals surface area contributed by atoms with E-state index in [0.29, 0.717) is 33.7 Å². The van der Waals surface area contributed by atoms with Crippen LogP contribution >= 0.6 is 23.2 Å². The van der Waals surface area contributed by atoms with Crippen LogP contribution < -0.4 is 9.47 Å². The Morgan fingerprint density at radius 2 is 2.00 bits per heavy atom. The Labute approximate surface area is 145 Å². The molecule has 0 saturated heterocycles. The molecule has 2 aromatic carbocycles. The lowest BCUT2D eigenvalue weighted by Gasteiger charge is -2.11. The van der Waals surface area contributed by atoms with Crippen molar-refractivity contribution in [1.82, 2.24) is 0 Å². The molecule has 0 radical (unpaired) electrons. The zero-order valence-electron chi connectivity index (χ0n) is 12.8. The molecule has 0 bridgehead atoms. The Morgan fingerprint density at radius 3 is 2.70 bits per heavy atom. The molecule has 2 rings (SSSR count). The molecule has 5 heteroatoms. The Balaban J connectivity index is 2.31. The summed E-state index contributed by atoms with van der Waals surface area (Å²) in [5.41, 5.74) is 1.10. The van der Waals surface area contributed by atoms with Gasteiger partial charge in [0.25, 0.3) is 0 Å². The Bertz CT molecular complexity index is 739. The van der Waals surface area contributed by atoms with Crippen LogP contribution in [-0.4, -0.2) is 19.5 Å². The molecule has 0 aromatic heterocycles. The number of carbonyl (C=O) groups excluding carboxylic acids is 1. The van der Waals surface area contributed by atoms with E-state index in [2.05, 4.69) is 0 Å². The van der Waals surface area contributed by atoms with Gasteiger partial charge < -0.3 is 9.47 Å². The standard InChI is InChI=1S/C18H16Cl2O3/c1-3-23-17-6-4-5-12(18(17)22-2)7-10-16(21)14-11-13(19)8-9-15(14)20/h4-11H,3H2,1-2H3/b10-7+.